The van der Waals surface area contributed by atoms with Gasteiger partial charge in [-0.05, 0) is 22.9 Å². The van der Waals surface area contributed by atoms with Gasteiger partial charge in [0, 0.05) is 18.7 Å². The van der Waals surface area contributed by atoms with Crippen molar-refractivity contribution < 1.29 is 4.79 Å². The van der Waals surface area contributed by atoms with Gasteiger partial charge in [0.15, 0.2) is 0 Å². The number of carbonyl (C=O) groups is 1. The quantitative estimate of drug-likeness (QED) is 0.843. The van der Waals surface area contributed by atoms with Crippen LogP contribution < -0.4 is 0 Å². The largest absolute Gasteiger partial charge is 0.337 e. The van der Waals surface area contributed by atoms with E-state index < -0.39 is 0 Å². The van der Waals surface area contributed by atoms with Gasteiger partial charge in [0.05, 0.1) is 25.0 Å². The normalized spacial score (nSPS) is 9.81. The first-order valence-electron chi connectivity index (χ1n) is 6.78. The van der Waals surface area contributed by atoms with Crippen molar-refractivity contribution in [3.8, 4) is 12.1 Å². The first-order valence-corrected chi connectivity index (χ1v) is 6.78. The van der Waals surface area contributed by atoms with Crippen molar-refractivity contribution in [1.82, 2.24) is 4.90 Å². The molecule has 0 unspecified atom stereocenters. The maximum Gasteiger partial charge on any atom is 0.253 e. The number of rotatable bonds is 5. The Balaban J connectivity index is 2.25. The molecule has 0 aromatic heterocycles. The van der Waals surface area contributed by atoms with E-state index in [2.05, 4.69) is 0 Å². The van der Waals surface area contributed by atoms with Crippen molar-refractivity contribution in [3.05, 3.63) is 48.0 Å². The molecule has 0 aliphatic heterocycles. The number of amides is 1. The van der Waals surface area contributed by atoms with Gasteiger partial charge in [-0.15, -0.1) is 0 Å². The fourth-order valence-electron chi connectivity index (χ4n) is 2.19. The number of nitrogens with zero attached hydrogens (tertiary/aromatic N) is 3. The first-order chi connectivity index (χ1) is 10.3. The van der Waals surface area contributed by atoms with Gasteiger partial charge in [-0.3, -0.25) is 4.79 Å². The molecule has 4 nitrogen and oxygen atoms in total. The molecule has 2 rings (SSSR count). The zero-order valence-corrected chi connectivity index (χ0v) is 11.6. The van der Waals surface area contributed by atoms with Crippen LogP contribution >= 0.6 is 0 Å². The van der Waals surface area contributed by atoms with Crippen LogP contribution in [-0.4, -0.2) is 23.9 Å². The highest BCUT2D eigenvalue weighted by Gasteiger charge is 2.15. The lowest BCUT2D eigenvalue weighted by atomic mass is 10.1. The number of carbonyl (C=O) groups excluding carboxylic acids is 1. The molecule has 104 valence electrons. The third-order valence-corrected chi connectivity index (χ3v) is 3.27. The zero-order valence-electron chi connectivity index (χ0n) is 11.6. The minimum Gasteiger partial charge on any atom is -0.337 e. The fraction of sp³-hybridized carbons (Fsp3) is 0.235. The Morgan fingerprint density at radius 2 is 1.57 bits per heavy atom. The van der Waals surface area contributed by atoms with Gasteiger partial charge in [0.2, 0.25) is 0 Å². The molecule has 0 radical (unpaired) electrons. The second kappa shape index (κ2) is 7.07. The summed E-state index contributed by atoms with van der Waals surface area (Å²) in [5.74, 6) is -0.133. The molecule has 1 amide bonds. The molecule has 4 heteroatoms. The van der Waals surface area contributed by atoms with Crippen LogP contribution in [0.1, 0.15) is 23.2 Å². The molecule has 0 spiro atoms. The van der Waals surface area contributed by atoms with Gasteiger partial charge in [-0.25, -0.2) is 0 Å². The number of nitriles is 2. The van der Waals surface area contributed by atoms with E-state index in [1.54, 1.807) is 11.0 Å². The molecule has 0 saturated carbocycles. The Bertz CT molecular complexity index is 707. The lowest BCUT2D eigenvalue weighted by Crippen LogP contribution is -2.32. The molecular weight excluding hydrogens is 262 g/mol. The number of hydrogen-bond acceptors (Lipinski definition) is 3. The van der Waals surface area contributed by atoms with Gasteiger partial charge in [-0.1, -0.05) is 30.3 Å². The molecule has 0 bridgehead atoms. The molecule has 0 aliphatic carbocycles. The van der Waals surface area contributed by atoms with Crippen molar-refractivity contribution in [2.24, 2.45) is 0 Å². The maximum atomic E-state index is 12.5. The summed E-state index contributed by atoms with van der Waals surface area (Å²) in [6.45, 7) is 0.702. The van der Waals surface area contributed by atoms with Crippen LogP contribution in [-0.2, 0) is 0 Å². The summed E-state index contributed by atoms with van der Waals surface area (Å²) in [5, 5.41) is 19.4. The summed E-state index contributed by atoms with van der Waals surface area (Å²) >= 11 is 0. The SMILES string of the molecule is N#CCCN(CCC#N)C(=O)c1ccc2ccccc2c1. The van der Waals surface area contributed by atoms with E-state index in [0.29, 0.717) is 18.7 Å². The van der Waals surface area contributed by atoms with E-state index >= 15 is 0 Å². The average molecular weight is 277 g/mol. The van der Waals surface area contributed by atoms with E-state index in [1.165, 1.54) is 0 Å². The molecule has 0 saturated heterocycles. The van der Waals surface area contributed by atoms with Crippen LogP contribution in [0.3, 0.4) is 0 Å². The monoisotopic (exact) mass is 277 g/mol. The van der Waals surface area contributed by atoms with Crippen molar-refractivity contribution >= 4 is 16.7 Å². The van der Waals surface area contributed by atoms with Crippen LogP contribution in [0.2, 0.25) is 0 Å². The van der Waals surface area contributed by atoms with E-state index in [-0.39, 0.29) is 18.7 Å². The van der Waals surface area contributed by atoms with Crippen molar-refractivity contribution in [2.75, 3.05) is 13.1 Å². The first kappa shape index (κ1) is 14.6. The molecule has 2 aromatic carbocycles. The summed E-state index contributed by atoms with van der Waals surface area (Å²) in [6.07, 6.45) is 0.537. The molecule has 2 aromatic rings. The summed E-state index contributed by atoms with van der Waals surface area (Å²) in [6, 6.07) is 17.5. The molecule has 0 atom stereocenters. The third kappa shape index (κ3) is 3.58. The molecule has 0 heterocycles. The van der Waals surface area contributed by atoms with E-state index in [9.17, 15) is 4.79 Å². The Kier molecular flexibility index (Phi) is 4.90. The second-order valence-electron chi connectivity index (χ2n) is 4.67. The van der Waals surface area contributed by atoms with Crippen LogP contribution in [0.4, 0.5) is 0 Å². The predicted molar refractivity (Wildman–Crippen MR) is 80.3 cm³/mol. The van der Waals surface area contributed by atoms with E-state index in [1.807, 2.05) is 48.5 Å². The highest BCUT2D eigenvalue weighted by atomic mass is 16.2. The third-order valence-electron chi connectivity index (χ3n) is 3.27. The number of benzene rings is 2. The Labute approximate surface area is 123 Å². The van der Waals surface area contributed by atoms with Gasteiger partial charge in [0.1, 0.15) is 0 Å². The highest BCUT2D eigenvalue weighted by molar-refractivity contribution is 5.98. The van der Waals surface area contributed by atoms with Gasteiger partial charge in [0.25, 0.3) is 5.91 Å². The summed E-state index contributed by atoms with van der Waals surface area (Å²) in [7, 11) is 0. The summed E-state index contributed by atoms with van der Waals surface area (Å²) in [5.41, 5.74) is 0.588. The Hall–Kier alpha value is -2.85. The zero-order chi connectivity index (χ0) is 15.1. The molecule has 21 heavy (non-hydrogen) atoms. The molecular formula is C17H15N3O. The smallest absolute Gasteiger partial charge is 0.253 e. The van der Waals surface area contributed by atoms with Crippen LogP contribution in [0.5, 0.6) is 0 Å². The van der Waals surface area contributed by atoms with Crippen molar-refractivity contribution in [1.29, 1.82) is 10.5 Å². The fourth-order valence-corrected chi connectivity index (χ4v) is 2.19. The van der Waals surface area contributed by atoms with Gasteiger partial charge >= 0.3 is 0 Å². The molecule has 0 N–H and O–H groups in total. The Morgan fingerprint density at radius 3 is 2.19 bits per heavy atom. The average Bonchev–Trinajstić information content (AvgIpc) is 2.54. The number of hydrogen-bond donors (Lipinski definition) is 0. The highest BCUT2D eigenvalue weighted by Crippen LogP contribution is 2.17. The van der Waals surface area contributed by atoms with Gasteiger partial charge in [-0.2, -0.15) is 10.5 Å². The van der Waals surface area contributed by atoms with E-state index in [4.69, 9.17) is 10.5 Å². The van der Waals surface area contributed by atoms with Crippen LogP contribution in [0, 0.1) is 22.7 Å². The Morgan fingerprint density at radius 1 is 0.952 bits per heavy atom. The topological polar surface area (TPSA) is 67.9 Å². The van der Waals surface area contributed by atoms with Crippen LogP contribution in [0.25, 0.3) is 10.8 Å². The standard InChI is InChI=1S/C17H15N3O/c18-9-3-11-20(12-4-10-19)17(21)16-8-7-14-5-1-2-6-15(14)13-16/h1-2,5-8,13H,3-4,11-12H2. The summed E-state index contributed by atoms with van der Waals surface area (Å²) in [4.78, 5) is 14.1. The number of fused-ring (bicyclic) bond motifs is 1. The van der Waals surface area contributed by atoms with E-state index in [0.717, 1.165) is 10.8 Å². The lowest BCUT2D eigenvalue weighted by Gasteiger charge is -2.20. The lowest BCUT2D eigenvalue weighted by molar-refractivity contribution is 0.0762. The predicted octanol–water partition coefficient (Wildman–Crippen LogP) is 3.11. The van der Waals surface area contributed by atoms with Crippen molar-refractivity contribution in [2.45, 2.75) is 12.8 Å². The van der Waals surface area contributed by atoms with Crippen LogP contribution in [0.15, 0.2) is 42.5 Å². The minimum absolute atomic E-state index is 0.133. The van der Waals surface area contributed by atoms with Crippen molar-refractivity contribution in [3.63, 3.8) is 0 Å². The molecule has 0 aliphatic rings. The maximum absolute atomic E-state index is 12.5. The summed E-state index contributed by atoms with van der Waals surface area (Å²) < 4.78 is 0. The minimum atomic E-state index is -0.133. The molecule has 0 fully saturated rings. The second-order valence-corrected chi connectivity index (χ2v) is 4.67. The van der Waals surface area contributed by atoms with Gasteiger partial charge < -0.3 is 4.90 Å².